The number of nitrogens with zero attached hydrogens (tertiary/aromatic N) is 1. The van der Waals surface area contributed by atoms with Gasteiger partial charge < -0.3 is 4.74 Å². The molecule has 334 valence electrons. The smallest absolute Gasteiger partial charge is 0.200 e. The van der Waals surface area contributed by atoms with Crippen molar-refractivity contribution in [2.75, 3.05) is 7.11 Å². The van der Waals surface area contributed by atoms with Crippen LogP contribution in [0, 0.1) is 116 Å². The summed E-state index contributed by atoms with van der Waals surface area (Å²) in [6.07, 6.45) is -2.92. The predicted molar refractivity (Wildman–Crippen MR) is 185 cm³/mol. The van der Waals surface area contributed by atoms with Crippen LogP contribution < -0.4 is 31.2 Å². The Balaban J connectivity index is 0.000000295. The zero-order valence-corrected chi connectivity index (χ0v) is 31.1. The van der Waals surface area contributed by atoms with Crippen molar-refractivity contribution >= 4 is 38.8 Å². The number of halogens is 20. The standard InChI is InChI=1S/C24BF20.C17H16NO/c26-5-1(6(27)14(35)21(42)13(5)34)25(2-7(28)15(36)22(43)16(37)8(2)29,3-9(30)17(38)23(44)18(39)10(3)31)4-11(32)19(40)24(45)20(41)12(4)33;1-19-17-8-6-14(7-9-17)12-18-11-10-15-4-2-3-5-16(15)13-18/h;2-11,13H,12H2,1H3/q-1;+1. The van der Waals surface area contributed by atoms with Crippen LogP contribution in [0.25, 0.3) is 10.8 Å². The number of rotatable bonds is 7. The average molecular weight is 929 g/mol. The van der Waals surface area contributed by atoms with Gasteiger partial charge in [0, 0.05) is 17.0 Å². The van der Waals surface area contributed by atoms with Crippen molar-refractivity contribution < 1.29 is 97.1 Å². The first kappa shape index (κ1) is 46.7. The van der Waals surface area contributed by atoms with Gasteiger partial charge in [-0.15, -0.1) is 21.9 Å². The van der Waals surface area contributed by atoms with Gasteiger partial charge in [-0.25, -0.2) is 92.4 Å². The molecule has 0 aliphatic rings. The maximum Gasteiger partial charge on any atom is 0.200 e. The number of hydrogen-bond acceptors (Lipinski definition) is 1. The molecule has 23 heteroatoms. The molecule has 0 spiro atoms. The molecule has 64 heavy (non-hydrogen) atoms. The van der Waals surface area contributed by atoms with Gasteiger partial charge in [0.2, 0.25) is 0 Å². The molecule has 0 aliphatic carbocycles. The first-order valence-corrected chi connectivity index (χ1v) is 17.3. The minimum atomic E-state index is -7.22. The molecule has 0 N–H and O–H groups in total. The first-order valence-electron chi connectivity index (χ1n) is 17.3. The van der Waals surface area contributed by atoms with Crippen molar-refractivity contribution in [2.45, 2.75) is 6.54 Å². The molecule has 7 rings (SSSR count). The lowest BCUT2D eigenvalue weighted by molar-refractivity contribution is -0.687. The lowest BCUT2D eigenvalue weighted by atomic mass is 9.12. The summed E-state index contributed by atoms with van der Waals surface area (Å²) >= 11 is 0. The second-order valence-corrected chi connectivity index (χ2v) is 13.4. The second kappa shape index (κ2) is 17.4. The molecular formula is C41H16BF20NO. The number of ether oxygens (including phenoxy) is 1. The molecule has 0 radical (unpaired) electrons. The van der Waals surface area contributed by atoms with Gasteiger partial charge in [-0.2, -0.15) is 0 Å². The molecule has 0 fully saturated rings. The van der Waals surface area contributed by atoms with E-state index in [-0.39, 0.29) is 0 Å². The number of benzene rings is 6. The molecule has 7 aromatic rings. The van der Waals surface area contributed by atoms with Crippen LogP contribution in [0.15, 0.2) is 67.0 Å². The number of aromatic nitrogens is 1. The third-order valence-corrected chi connectivity index (χ3v) is 9.98. The van der Waals surface area contributed by atoms with Crippen LogP contribution in [0.2, 0.25) is 0 Å². The van der Waals surface area contributed by atoms with E-state index in [9.17, 15) is 52.7 Å². The fourth-order valence-electron chi connectivity index (χ4n) is 7.09. The van der Waals surface area contributed by atoms with E-state index in [1.807, 2.05) is 12.1 Å². The van der Waals surface area contributed by atoms with E-state index < -0.39 is 144 Å². The van der Waals surface area contributed by atoms with E-state index >= 15 is 35.1 Å². The topological polar surface area (TPSA) is 13.1 Å². The van der Waals surface area contributed by atoms with Gasteiger partial charge in [0.25, 0.3) is 0 Å². The zero-order valence-electron chi connectivity index (χ0n) is 31.1. The summed E-state index contributed by atoms with van der Waals surface area (Å²) in [6, 6.07) is 18.7. The van der Waals surface area contributed by atoms with Crippen molar-refractivity contribution in [3.63, 3.8) is 0 Å². The van der Waals surface area contributed by atoms with Crippen molar-refractivity contribution in [3.8, 4) is 5.75 Å². The minimum absolute atomic E-state index is 0.870. The maximum atomic E-state index is 15.4. The summed E-state index contributed by atoms with van der Waals surface area (Å²) in [5.74, 6) is -70.5. The van der Waals surface area contributed by atoms with Gasteiger partial charge in [-0.1, -0.05) is 18.2 Å². The summed E-state index contributed by atoms with van der Waals surface area (Å²) in [5.41, 5.74) is -13.1. The molecule has 0 aliphatic heterocycles. The lowest BCUT2D eigenvalue weighted by Crippen LogP contribution is -2.81. The van der Waals surface area contributed by atoms with Crippen molar-refractivity contribution in [1.82, 2.24) is 0 Å². The van der Waals surface area contributed by atoms with Crippen LogP contribution in [0.1, 0.15) is 5.56 Å². The number of fused-ring (bicyclic) bond motifs is 1. The molecule has 6 aromatic carbocycles. The average Bonchev–Trinajstić information content (AvgIpc) is 3.29. The van der Waals surface area contributed by atoms with Crippen LogP contribution in [0.3, 0.4) is 0 Å². The number of pyridine rings is 1. The summed E-state index contributed by atoms with van der Waals surface area (Å²) in [7, 11) is 1.69. The van der Waals surface area contributed by atoms with Crippen molar-refractivity contribution in [1.29, 1.82) is 0 Å². The largest absolute Gasteiger partial charge is 0.497 e. The molecular weight excluding hydrogens is 913 g/mol. The molecule has 1 aromatic heterocycles. The molecule has 0 atom stereocenters. The van der Waals surface area contributed by atoms with E-state index in [1.165, 1.54) is 16.3 Å². The highest BCUT2D eigenvalue weighted by Crippen LogP contribution is 2.31. The number of methoxy groups -OCH3 is 1. The van der Waals surface area contributed by atoms with Crippen LogP contribution in [0.4, 0.5) is 87.8 Å². The highest BCUT2D eigenvalue weighted by Gasteiger charge is 2.52. The normalized spacial score (nSPS) is 11.6. The molecule has 0 saturated carbocycles. The lowest BCUT2D eigenvalue weighted by Gasteiger charge is -2.44. The van der Waals surface area contributed by atoms with E-state index in [1.54, 1.807) is 7.11 Å². The molecule has 1 heterocycles. The minimum Gasteiger partial charge on any atom is -0.497 e. The van der Waals surface area contributed by atoms with Gasteiger partial charge in [-0.05, 0) is 35.7 Å². The number of hydrogen-bond donors (Lipinski definition) is 0. The van der Waals surface area contributed by atoms with Crippen molar-refractivity contribution in [2.24, 2.45) is 0 Å². The third kappa shape index (κ3) is 7.28. The van der Waals surface area contributed by atoms with Crippen molar-refractivity contribution in [3.05, 3.63) is 189 Å². The predicted octanol–water partition coefficient (Wildman–Crippen LogP) is 9.03. The van der Waals surface area contributed by atoms with Gasteiger partial charge >= 0.3 is 0 Å². The Labute approximate surface area is 344 Å². The Morgan fingerprint density at radius 3 is 0.938 bits per heavy atom. The second-order valence-electron chi connectivity index (χ2n) is 13.4. The van der Waals surface area contributed by atoms with Gasteiger partial charge in [-0.3, -0.25) is 0 Å². The Kier molecular flexibility index (Phi) is 12.7. The Hall–Kier alpha value is -6.81. The molecule has 0 bridgehead atoms. The zero-order chi connectivity index (χ0) is 47.4. The summed E-state index contributed by atoms with van der Waals surface area (Å²) in [6.45, 7) is 0.870. The van der Waals surface area contributed by atoms with E-state index in [2.05, 4.69) is 59.4 Å². The Bertz CT molecular complexity index is 2640. The Morgan fingerprint density at radius 1 is 0.359 bits per heavy atom. The van der Waals surface area contributed by atoms with Gasteiger partial charge in [0.15, 0.2) is 88.7 Å². The fourth-order valence-corrected chi connectivity index (χ4v) is 7.09. The monoisotopic (exact) mass is 929 g/mol. The van der Waals surface area contributed by atoms with Gasteiger partial charge in [0.05, 0.1) is 7.11 Å². The third-order valence-electron chi connectivity index (χ3n) is 9.98. The van der Waals surface area contributed by atoms with Crippen LogP contribution in [-0.2, 0) is 6.54 Å². The van der Waals surface area contributed by atoms with E-state index in [0.29, 0.717) is 0 Å². The molecule has 0 amide bonds. The van der Waals surface area contributed by atoms with E-state index in [4.69, 9.17) is 4.74 Å². The van der Waals surface area contributed by atoms with E-state index in [0.717, 1.165) is 12.3 Å². The summed E-state index contributed by atoms with van der Waals surface area (Å²) in [4.78, 5) is 0. The Morgan fingerprint density at radius 2 is 0.641 bits per heavy atom. The SMILES string of the molecule is COc1ccc(C[n+]2ccc3ccccc3c2)cc1.Fc1c(F)c(F)c([B-](c2c(F)c(F)c(F)c(F)c2F)(c2c(F)c(F)c(F)c(F)c2F)c2c(F)c(F)c(F)c(F)c2F)c(F)c1F. The molecule has 0 unspecified atom stereocenters. The quantitative estimate of drug-likeness (QED) is 0.0512. The molecule has 2 nitrogen and oxygen atoms in total. The van der Waals surface area contributed by atoms with Gasteiger partial charge in [0.1, 0.15) is 58.4 Å². The summed E-state index contributed by atoms with van der Waals surface area (Å²) < 4.78 is 301. The summed E-state index contributed by atoms with van der Waals surface area (Å²) in [5, 5.41) is 2.53. The fraction of sp³-hybridized carbons (Fsp3) is 0.0488. The first-order chi connectivity index (χ1) is 30.0. The molecule has 0 saturated heterocycles. The van der Waals surface area contributed by atoms with Crippen LogP contribution in [-0.4, -0.2) is 13.3 Å². The highest BCUT2D eigenvalue weighted by atomic mass is 19.2. The van der Waals surface area contributed by atoms with Crippen LogP contribution >= 0.6 is 0 Å². The van der Waals surface area contributed by atoms with Crippen LogP contribution in [0.5, 0.6) is 5.75 Å². The highest BCUT2D eigenvalue weighted by molar-refractivity contribution is 7.20. The maximum absolute atomic E-state index is 15.4.